The van der Waals surface area contributed by atoms with E-state index in [2.05, 4.69) is 32.4 Å². The van der Waals surface area contributed by atoms with Crippen molar-refractivity contribution >= 4 is 23.0 Å². The SMILES string of the molecule is CCC(NC(=O)c1csc(Cc2ccccc2)n1)c1cn2cccnc2n1. The fraction of sp³-hybridized carbons (Fsp3) is 0.200. The second-order valence-electron chi connectivity index (χ2n) is 6.22. The molecule has 6 nitrogen and oxygen atoms in total. The molecular weight excluding hydrogens is 358 g/mol. The van der Waals surface area contributed by atoms with Gasteiger partial charge in [0.25, 0.3) is 5.91 Å². The zero-order valence-electron chi connectivity index (χ0n) is 14.9. The standard InChI is InChI=1S/C20H19N5OS/c1-2-15(16-12-25-10-6-9-21-20(25)24-16)23-19(26)17-13-27-18(22-17)11-14-7-4-3-5-8-14/h3-10,12-13,15H,2,11H2,1H3,(H,23,26). The van der Waals surface area contributed by atoms with E-state index in [0.29, 0.717) is 11.5 Å². The van der Waals surface area contributed by atoms with E-state index in [0.717, 1.165) is 23.5 Å². The Morgan fingerprint density at radius 1 is 1.22 bits per heavy atom. The van der Waals surface area contributed by atoms with Gasteiger partial charge in [-0.2, -0.15) is 0 Å². The maximum Gasteiger partial charge on any atom is 0.271 e. The first-order valence-electron chi connectivity index (χ1n) is 8.81. The maximum atomic E-state index is 12.7. The molecule has 1 amide bonds. The summed E-state index contributed by atoms with van der Waals surface area (Å²) in [4.78, 5) is 25.9. The number of nitrogens with zero attached hydrogens (tertiary/aromatic N) is 4. The number of amides is 1. The van der Waals surface area contributed by atoms with Crippen molar-refractivity contribution < 1.29 is 4.79 Å². The van der Waals surface area contributed by atoms with Gasteiger partial charge >= 0.3 is 0 Å². The molecule has 136 valence electrons. The molecule has 1 unspecified atom stereocenters. The first-order chi connectivity index (χ1) is 13.2. The maximum absolute atomic E-state index is 12.7. The molecular formula is C20H19N5OS. The summed E-state index contributed by atoms with van der Waals surface area (Å²) >= 11 is 1.51. The van der Waals surface area contributed by atoms with E-state index in [1.807, 2.05) is 53.4 Å². The minimum absolute atomic E-state index is 0.178. The van der Waals surface area contributed by atoms with Crippen molar-refractivity contribution in [3.05, 3.63) is 82.3 Å². The normalized spacial score (nSPS) is 12.2. The summed E-state index contributed by atoms with van der Waals surface area (Å²) in [6.45, 7) is 2.02. The summed E-state index contributed by atoms with van der Waals surface area (Å²) in [6, 6.07) is 11.8. The van der Waals surface area contributed by atoms with E-state index in [9.17, 15) is 4.79 Å². The number of hydrogen-bond acceptors (Lipinski definition) is 5. The molecule has 0 aliphatic heterocycles. The molecule has 1 N–H and O–H groups in total. The zero-order chi connectivity index (χ0) is 18.6. The number of carbonyl (C=O) groups is 1. The number of benzene rings is 1. The van der Waals surface area contributed by atoms with Crippen LogP contribution in [0.25, 0.3) is 5.78 Å². The van der Waals surface area contributed by atoms with Gasteiger partial charge in [-0.25, -0.2) is 15.0 Å². The van der Waals surface area contributed by atoms with E-state index >= 15 is 0 Å². The van der Waals surface area contributed by atoms with Gasteiger partial charge in [-0.1, -0.05) is 37.3 Å². The molecule has 0 saturated heterocycles. The fourth-order valence-corrected chi connectivity index (χ4v) is 3.71. The van der Waals surface area contributed by atoms with Crippen LogP contribution >= 0.6 is 11.3 Å². The van der Waals surface area contributed by atoms with Crippen LogP contribution in [0, 0.1) is 0 Å². The molecule has 3 aromatic heterocycles. The summed E-state index contributed by atoms with van der Waals surface area (Å²) in [7, 11) is 0. The van der Waals surface area contributed by atoms with E-state index in [4.69, 9.17) is 0 Å². The van der Waals surface area contributed by atoms with Crippen molar-refractivity contribution in [1.29, 1.82) is 0 Å². The quantitative estimate of drug-likeness (QED) is 0.557. The Hall–Kier alpha value is -3.06. The smallest absolute Gasteiger partial charge is 0.271 e. The largest absolute Gasteiger partial charge is 0.342 e. The third-order valence-electron chi connectivity index (χ3n) is 4.31. The zero-order valence-corrected chi connectivity index (χ0v) is 15.7. The van der Waals surface area contributed by atoms with Crippen LogP contribution in [0.1, 0.15) is 46.1 Å². The molecule has 4 aromatic rings. The van der Waals surface area contributed by atoms with E-state index in [-0.39, 0.29) is 11.9 Å². The number of rotatable bonds is 6. The predicted octanol–water partition coefficient (Wildman–Crippen LogP) is 3.66. The van der Waals surface area contributed by atoms with Gasteiger partial charge in [0.15, 0.2) is 0 Å². The summed E-state index contributed by atoms with van der Waals surface area (Å²) in [6.07, 6.45) is 6.96. The Kier molecular flexibility index (Phi) is 4.93. The van der Waals surface area contributed by atoms with Crippen molar-refractivity contribution in [2.75, 3.05) is 0 Å². The number of fused-ring (bicyclic) bond motifs is 1. The lowest BCUT2D eigenvalue weighted by Crippen LogP contribution is -2.28. The highest BCUT2D eigenvalue weighted by Gasteiger charge is 2.19. The number of carbonyl (C=O) groups excluding carboxylic acids is 1. The molecule has 0 fully saturated rings. The molecule has 0 aliphatic carbocycles. The first-order valence-corrected chi connectivity index (χ1v) is 9.69. The van der Waals surface area contributed by atoms with E-state index in [1.165, 1.54) is 16.9 Å². The first kappa shape index (κ1) is 17.4. The highest BCUT2D eigenvalue weighted by atomic mass is 32.1. The topological polar surface area (TPSA) is 72.2 Å². The van der Waals surface area contributed by atoms with Gasteiger partial charge in [0.1, 0.15) is 5.69 Å². The van der Waals surface area contributed by atoms with Crippen LogP contribution in [0.2, 0.25) is 0 Å². The van der Waals surface area contributed by atoms with Gasteiger partial charge in [0.2, 0.25) is 5.78 Å². The summed E-state index contributed by atoms with van der Waals surface area (Å²) < 4.78 is 1.85. The summed E-state index contributed by atoms with van der Waals surface area (Å²) in [5.41, 5.74) is 2.43. The third-order valence-corrected chi connectivity index (χ3v) is 5.16. The Morgan fingerprint density at radius 3 is 2.85 bits per heavy atom. The van der Waals surface area contributed by atoms with Crippen molar-refractivity contribution in [2.24, 2.45) is 0 Å². The van der Waals surface area contributed by atoms with Crippen LogP contribution in [0.3, 0.4) is 0 Å². The van der Waals surface area contributed by atoms with Crippen molar-refractivity contribution in [1.82, 2.24) is 24.7 Å². The molecule has 1 aromatic carbocycles. The average Bonchev–Trinajstić information content (AvgIpc) is 3.33. The molecule has 0 saturated carbocycles. The molecule has 1 atom stereocenters. The van der Waals surface area contributed by atoms with Gasteiger partial charge in [-0.15, -0.1) is 11.3 Å². The number of imidazole rings is 1. The van der Waals surface area contributed by atoms with Crippen LogP contribution in [0.4, 0.5) is 0 Å². The summed E-state index contributed by atoms with van der Waals surface area (Å²) in [5, 5.41) is 5.78. The minimum atomic E-state index is -0.182. The van der Waals surface area contributed by atoms with Gasteiger partial charge in [0, 0.05) is 30.4 Å². The second kappa shape index (κ2) is 7.67. The van der Waals surface area contributed by atoms with Gasteiger partial charge in [0.05, 0.1) is 16.7 Å². The predicted molar refractivity (Wildman–Crippen MR) is 105 cm³/mol. The lowest BCUT2D eigenvalue weighted by Gasteiger charge is -2.13. The average molecular weight is 377 g/mol. The summed E-state index contributed by atoms with van der Waals surface area (Å²) in [5.74, 6) is 0.446. The second-order valence-corrected chi connectivity index (χ2v) is 7.16. The van der Waals surface area contributed by atoms with Crippen molar-refractivity contribution in [3.8, 4) is 0 Å². The number of thiazole rings is 1. The van der Waals surface area contributed by atoms with Crippen LogP contribution in [-0.4, -0.2) is 25.3 Å². The number of nitrogens with one attached hydrogen (secondary N) is 1. The monoisotopic (exact) mass is 377 g/mol. The highest BCUT2D eigenvalue weighted by molar-refractivity contribution is 7.09. The van der Waals surface area contributed by atoms with Crippen molar-refractivity contribution in [2.45, 2.75) is 25.8 Å². The molecule has 7 heteroatoms. The van der Waals surface area contributed by atoms with Gasteiger partial charge in [-0.3, -0.25) is 9.20 Å². The number of aromatic nitrogens is 4. The Labute approximate surface area is 160 Å². The van der Waals surface area contributed by atoms with Crippen LogP contribution in [-0.2, 0) is 6.42 Å². The molecule has 0 spiro atoms. The molecule has 0 aliphatic rings. The molecule has 27 heavy (non-hydrogen) atoms. The van der Waals surface area contributed by atoms with Gasteiger partial charge in [-0.05, 0) is 18.1 Å². The molecule has 0 radical (unpaired) electrons. The van der Waals surface area contributed by atoms with Crippen LogP contribution in [0.15, 0.2) is 60.4 Å². The van der Waals surface area contributed by atoms with Crippen LogP contribution < -0.4 is 5.32 Å². The van der Waals surface area contributed by atoms with E-state index < -0.39 is 0 Å². The van der Waals surface area contributed by atoms with Gasteiger partial charge < -0.3 is 5.32 Å². The Balaban J connectivity index is 1.47. The third kappa shape index (κ3) is 3.88. The van der Waals surface area contributed by atoms with Crippen LogP contribution in [0.5, 0.6) is 0 Å². The molecule has 0 bridgehead atoms. The molecule has 4 rings (SSSR count). The lowest BCUT2D eigenvalue weighted by atomic mass is 10.1. The number of hydrogen-bond donors (Lipinski definition) is 1. The van der Waals surface area contributed by atoms with Crippen molar-refractivity contribution in [3.63, 3.8) is 0 Å². The Morgan fingerprint density at radius 2 is 2.07 bits per heavy atom. The Bertz CT molecular complexity index is 1020. The minimum Gasteiger partial charge on any atom is -0.342 e. The van der Waals surface area contributed by atoms with E-state index in [1.54, 1.807) is 6.20 Å². The fourth-order valence-electron chi connectivity index (χ4n) is 2.90. The highest BCUT2D eigenvalue weighted by Crippen LogP contribution is 2.19. The molecule has 3 heterocycles. The lowest BCUT2D eigenvalue weighted by molar-refractivity contribution is 0.0930.